The molecule has 1 unspecified atom stereocenters. The number of hydrogen-bond acceptors (Lipinski definition) is 6. The molecule has 1 saturated heterocycles. The highest BCUT2D eigenvalue weighted by molar-refractivity contribution is 6.33. The summed E-state index contributed by atoms with van der Waals surface area (Å²) in [5.41, 5.74) is 8.80. The molecule has 0 bridgehead atoms. The maximum atomic E-state index is 9.54. The number of anilines is 1. The molecular formula is C17H19ClN6O. The molecule has 0 saturated carbocycles. The average Bonchev–Trinajstić information content (AvgIpc) is 3.07. The number of aliphatic hydroxyl groups excluding tert-OH is 1. The standard InChI is InChI=1S/C17H19ClN6O/c1-2-10(6-12(25)7-19)13-9-22-24-16(20)14(18)15(23-17(13)24)11-4-3-5-21-8-11/h2,6,9,11,21,25H,3-5,8,20H2,1H3/b10-2+,12-6-. The Morgan fingerprint density at radius 2 is 2.40 bits per heavy atom. The van der Waals surface area contributed by atoms with Gasteiger partial charge in [-0.15, -0.1) is 0 Å². The van der Waals surface area contributed by atoms with Crippen LogP contribution in [0.15, 0.2) is 24.1 Å². The van der Waals surface area contributed by atoms with Crippen LogP contribution in [0.1, 0.15) is 36.9 Å². The minimum Gasteiger partial charge on any atom is -0.499 e. The van der Waals surface area contributed by atoms with Gasteiger partial charge in [0.2, 0.25) is 0 Å². The van der Waals surface area contributed by atoms with Gasteiger partial charge in [0.25, 0.3) is 0 Å². The van der Waals surface area contributed by atoms with E-state index in [1.54, 1.807) is 18.3 Å². The largest absolute Gasteiger partial charge is 0.499 e. The summed E-state index contributed by atoms with van der Waals surface area (Å²) in [6, 6.07) is 1.70. The van der Waals surface area contributed by atoms with Crippen LogP contribution in [-0.2, 0) is 0 Å². The van der Waals surface area contributed by atoms with E-state index in [4.69, 9.17) is 27.6 Å². The second-order valence-corrected chi connectivity index (χ2v) is 6.30. The molecule has 2 aromatic heterocycles. The topological polar surface area (TPSA) is 112 Å². The van der Waals surface area contributed by atoms with Crippen LogP contribution in [0.25, 0.3) is 11.2 Å². The number of aromatic nitrogens is 3. The molecule has 4 N–H and O–H groups in total. The summed E-state index contributed by atoms with van der Waals surface area (Å²) in [4.78, 5) is 4.74. The van der Waals surface area contributed by atoms with E-state index in [-0.39, 0.29) is 11.7 Å². The number of piperidine rings is 1. The number of aliphatic hydroxyl groups is 1. The van der Waals surface area contributed by atoms with Crippen LogP contribution in [0.5, 0.6) is 0 Å². The van der Waals surface area contributed by atoms with E-state index in [1.165, 1.54) is 10.6 Å². The van der Waals surface area contributed by atoms with Crippen LogP contribution >= 0.6 is 11.6 Å². The molecule has 1 fully saturated rings. The number of rotatable bonds is 3. The number of nitrogens with two attached hydrogens (primary N) is 1. The molecule has 1 aliphatic heterocycles. The number of allylic oxidation sites excluding steroid dienone is 4. The highest BCUT2D eigenvalue weighted by Crippen LogP contribution is 2.34. The molecule has 3 heterocycles. The molecule has 25 heavy (non-hydrogen) atoms. The lowest BCUT2D eigenvalue weighted by Gasteiger charge is -2.23. The maximum Gasteiger partial charge on any atom is 0.195 e. The van der Waals surface area contributed by atoms with Gasteiger partial charge < -0.3 is 16.2 Å². The first kappa shape index (κ1) is 17.3. The fourth-order valence-electron chi connectivity index (χ4n) is 3.07. The van der Waals surface area contributed by atoms with Crippen LogP contribution in [-0.4, -0.2) is 32.8 Å². The number of nitrogen functional groups attached to an aromatic ring is 1. The maximum absolute atomic E-state index is 9.54. The third kappa shape index (κ3) is 3.18. The SMILES string of the molecule is C/C=C(\C=C(/O)C#N)c1cnn2c(N)c(Cl)c(C3CCCNC3)nc12. The van der Waals surface area contributed by atoms with Crippen molar-refractivity contribution >= 4 is 28.6 Å². The minimum absolute atomic E-state index is 0.188. The number of nitrogens with zero attached hydrogens (tertiary/aromatic N) is 4. The second kappa shape index (κ2) is 7.13. The van der Waals surface area contributed by atoms with Gasteiger partial charge in [0.1, 0.15) is 16.9 Å². The van der Waals surface area contributed by atoms with Crippen LogP contribution in [0.2, 0.25) is 5.02 Å². The summed E-state index contributed by atoms with van der Waals surface area (Å²) in [7, 11) is 0. The fraction of sp³-hybridized carbons (Fsp3) is 0.353. The van der Waals surface area contributed by atoms with Crippen LogP contribution in [0.4, 0.5) is 5.82 Å². The van der Waals surface area contributed by atoms with Crippen molar-refractivity contribution in [3.63, 3.8) is 0 Å². The van der Waals surface area contributed by atoms with Crippen molar-refractivity contribution in [2.45, 2.75) is 25.7 Å². The van der Waals surface area contributed by atoms with Crippen molar-refractivity contribution < 1.29 is 5.11 Å². The monoisotopic (exact) mass is 358 g/mol. The normalized spacial score (nSPS) is 19.2. The number of fused-ring (bicyclic) bond motifs is 1. The fourth-order valence-corrected chi connectivity index (χ4v) is 3.35. The van der Waals surface area contributed by atoms with Gasteiger partial charge in [0.05, 0.1) is 11.9 Å². The zero-order valence-electron chi connectivity index (χ0n) is 13.8. The average molecular weight is 359 g/mol. The number of nitrogens with one attached hydrogen (secondary N) is 1. The highest BCUT2D eigenvalue weighted by Gasteiger charge is 2.24. The first-order valence-corrected chi connectivity index (χ1v) is 8.45. The molecular weight excluding hydrogens is 340 g/mol. The van der Waals surface area contributed by atoms with Gasteiger partial charge in [-0.25, -0.2) is 4.98 Å². The van der Waals surface area contributed by atoms with Crippen molar-refractivity contribution in [3.8, 4) is 6.07 Å². The lowest BCUT2D eigenvalue weighted by atomic mass is 9.95. The molecule has 7 nitrogen and oxygen atoms in total. The summed E-state index contributed by atoms with van der Waals surface area (Å²) in [5.74, 6) is 0.141. The van der Waals surface area contributed by atoms with Crippen molar-refractivity contribution in [1.29, 1.82) is 5.26 Å². The van der Waals surface area contributed by atoms with E-state index in [9.17, 15) is 5.11 Å². The summed E-state index contributed by atoms with van der Waals surface area (Å²) >= 11 is 6.45. The van der Waals surface area contributed by atoms with E-state index < -0.39 is 0 Å². The zero-order chi connectivity index (χ0) is 18.0. The first-order valence-electron chi connectivity index (χ1n) is 8.07. The molecule has 0 radical (unpaired) electrons. The zero-order valence-corrected chi connectivity index (χ0v) is 14.6. The molecule has 0 aromatic carbocycles. The Hall–Kier alpha value is -2.56. The number of halogens is 1. The highest BCUT2D eigenvalue weighted by atomic mass is 35.5. The third-order valence-electron chi connectivity index (χ3n) is 4.36. The lowest BCUT2D eigenvalue weighted by Crippen LogP contribution is -2.29. The van der Waals surface area contributed by atoms with Gasteiger partial charge >= 0.3 is 0 Å². The molecule has 0 aliphatic carbocycles. The van der Waals surface area contributed by atoms with Gasteiger partial charge in [0.15, 0.2) is 11.4 Å². The second-order valence-electron chi connectivity index (χ2n) is 5.92. The number of hydrogen-bond donors (Lipinski definition) is 3. The van der Waals surface area contributed by atoms with Crippen LogP contribution < -0.4 is 11.1 Å². The Labute approximate surface area is 150 Å². The quantitative estimate of drug-likeness (QED) is 0.336. The van der Waals surface area contributed by atoms with Crippen molar-refractivity contribution in [3.05, 3.63) is 40.4 Å². The van der Waals surface area contributed by atoms with Crippen LogP contribution in [0, 0.1) is 11.3 Å². The predicted molar refractivity (Wildman–Crippen MR) is 97.2 cm³/mol. The van der Waals surface area contributed by atoms with Crippen molar-refractivity contribution in [1.82, 2.24) is 19.9 Å². The molecule has 130 valence electrons. The molecule has 0 spiro atoms. The predicted octanol–water partition coefficient (Wildman–Crippen LogP) is 2.80. The van der Waals surface area contributed by atoms with E-state index in [0.29, 0.717) is 27.6 Å². The Balaban J connectivity index is 2.16. The van der Waals surface area contributed by atoms with Crippen LogP contribution in [0.3, 0.4) is 0 Å². The lowest BCUT2D eigenvalue weighted by molar-refractivity contribution is 0.437. The van der Waals surface area contributed by atoms with E-state index >= 15 is 0 Å². The Morgan fingerprint density at radius 1 is 1.60 bits per heavy atom. The Bertz CT molecular complexity index is 902. The van der Waals surface area contributed by atoms with Gasteiger partial charge in [-0.1, -0.05) is 17.7 Å². The molecule has 2 aromatic rings. The smallest absolute Gasteiger partial charge is 0.195 e. The van der Waals surface area contributed by atoms with Gasteiger partial charge in [-0.3, -0.25) is 0 Å². The Kier molecular flexibility index (Phi) is 4.93. The molecule has 8 heteroatoms. The summed E-state index contributed by atoms with van der Waals surface area (Å²) < 4.78 is 1.48. The van der Waals surface area contributed by atoms with Crippen molar-refractivity contribution in [2.75, 3.05) is 18.8 Å². The van der Waals surface area contributed by atoms with Gasteiger partial charge in [-0.2, -0.15) is 14.9 Å². The van der Waals surface area contributed by atoms with Gasteiger partial charge in [0, 0.05) is 18.0 Å². The molecule has 1 atom stereocenters. The minimum atomic E-state index is -0.383. The number of nitriles is 1. The van der Waals surface area contributed by atoms with E-state index in [1.807, 2.05) is 6.92 Å². The van der Waals surface area contributed by atoms with E-state index in [2.05, 4.69) is 10.4 Å². The van der Waals surface area contributed by atoms with E-state index in [0.717, 1.165) is 31.6 Å². The summed E-state index contributed by atoms with van der Waals surface area (Å²) in [6.07, 6.45) is 6.81. The molecule has 1 aliphatic rings. The first-order chi connectivity index (χ1) is 12.1. The Morgan fingerprint density at radius 3 is 3.04 bits per heavy atom. The summed E-state index contributed by atoms with van der Waals surface area (Å²) in [6.45, 7) is 3.60. The molecule has 0 amide bonds. The van der Waals surface area contributed by atoms with Gasteiger partial charge in [-0.05, 0) is 38.0 Å². The summed E-state index contributed by atoms with van der Waals surface area (Å²) in [5, 5.41) is 26.4. The molecule has 3 rings (SSSR count). The van der Waals surface area contributed by atoms with Crippen molar-refractivity contribution in [2.24, 2.45) is 0 Å². The third-order valence-corrected chi connectivity index (χ3v) is 4.75.